The van der Waals surface area contributed by atoms with E-state index in [1.165, 1.54) is 0 Å². The van der Waals surface area contributed by atoms with Gasteiger partial charge in [0.2, 0.25) is 11.0 Å². The molecule has 102 valence electrons. The Morgan fingerprint density at radius 3 is 2.61 bits per heavy atom. The Hall–Kier alpha value is -0.540. The number of rotatable bonds is 4. The third-order valence-electron chi connectivity index (χ3n) is 2.49. The highest BCUT2D eigenvalue weighted by Crippen LogP contribution is 2.28. The van der Waals surface area contributed by atoms with E-state index in [4.69, 9.17) is 0 Å². The number of hydrogen-bond donors (Lipinski definition) is 1. The summed E-state index contributed by atoms with van der Waals surface area (Å²) in [5.41, 5.74) is 0. The highest BCUT2D eigenvalue weighted by atomic mass is 32.2. The van der Waals surface area contributed by atoms with Gasteiger partial charge in [0.25, 0.3) is 0 Å². The number of aromatic nitrogens is 2. The van der Waals surface area contributed by atoms with Gasteiger partial charge in [0.1, 0.15) is 0 Å². The van der Waals surface area contributed by atoms with Gasteiger partial charge < -0.3 is 5.32 Å². The van der Waals surface area contributed by atoms with Crippen molar-refractivity contribution in [3.63, 3.8) is 0 Å². The molecule has 0 atom stereocenters. The van der Waals surface area contributed by atoms with E-state index in [0.29, 0.717) is 6.54 Å². The first-order chi connectivity index (χ1) is 8.55. The first kappa shape index (κ1) is 13.9. The van der Waals surface area contributed by atoms with Crippen LogP contribution in [0.15, 0.2) is 0 Å². The Morgan fingerprint density at radius 1 is 1.28 bits per heavy atom. The quantitative estimate of drug-likeness (QED) is 0.921. The minimum atomic E-state index is -4.46. The number of anilines is 1. The van der Waals surface area contributed by atoms with Crippen LogP contribution in [0.1, 0.15) is 5.82 Å². The molecule has 0 aliphatic carbocycles. The fourth-order valence-electron chi connectivity index (χ4n) is 1.56. The Bertz CT molecular complexity index is 376. The molecule has 4 nitrogen and oxygen atoms in total. The summed E-state index contributed by atoms with van der Waals surface area (Å²) in [4.78, 5) is 5.70. The third kappa shape index (κ3) is 3.99. The highest BCUT2D eigenvalue weighted by molar-refractivity contribution is 7.99. The van der Waals surface area contributed by atoms with Crippen LogP contribution >= 0.6 is 23.3 Å². The van der Waals surface area contributed by atoms with Gasteiger partial charge in [0.05, 0.1) is 0 Å². The van der Waals surface area contributed by atoms with Gasteiger partial charge in [-0.25, -0.2) is 0 Å². The van der Waals surface area contributed by atoms with Crippen molar-refractivity contribution in [1.82, 2.24) is 14.3 Å². The van der Waals surface area contributed by atoms with Crippen LogP contribution in [0.4, 0.5) is 18.3 Å². The Kier molecular flexibility index (Phi) is 4.68. The summed E-state index contributed by atoms with van der Waals surface area (Å²) in [7, 11) is 0. The molecule has 1 fully saturated rings. The molecule has 0 radical (unpaired) electrons. The zero-order chi connectivity index (χ0) is 13.0. The molecule has 1 saturated heterocycles. The molecule has 1 aliphatic rings. The molecule has 1 aromatic rings. The maximum Gasteiger partial charge on any atom is 0.452 e. The maximum atomic E-state index is 12.3. The van der Waals surface area contributed by atoms with Gasteiger partial charge in [-0.3, -0.25) is 4.90 Å². The summed E-state index contributed by atoms with van der Waals surface area (Å²) in [6.07, 6.45) is -4.46. The molecule has 18 heavy (non-hydrogen) atoms. The summed E-state index contributed by atoms with van der Waals surface area (Å²) in [6, 6.07) is 0. The molecule has 1 aromatic heterocycles. The number of hydrogen-bond acceptors (Lipinski definition) is 6. The van der Waals surface area contributed by atoms with Gasteiger partial charge in [-0.15, -0.1) is 0 Å². The van der Waals surface area contributed by atoms with Gasteiger partial charge in [-0.05, 0) is 0 Å². The Labute approximate surface area is 111 Å². The average Bonchev–Trinajstić information content (AvgIpc) is 2.79. The third-order valence-corrected chi connectivity index (χ3v) is 4.10. The molecule has 0 saturated carbocycles. The molecule has 1 aliphatic heterocycles. The van der Waals surface area contributed by atoms with Gasteiger partial charge in [-0.1, -0.05) is 0 Å². The van der Waals surface area contributed by atoms with E-state index >= 15 is 0 Å². The van der Waals surface area contributed by atoms with Crippen LogP contribution in [0.25, 0.3) is 0 Å². The molecule has 0 amide bonds. The molecule has 0 aromatic carbocycles. The second-order valence-corrected chi connectivity index (χ2v) is 5.78. The number of alkyl halides is 3. The Morgan fingerprint density at radius 2 is 2.00 bits per heavy atom. The van der Waals surface area contributed by atoms with E-state index in [1.807, 2.05) is 11.8 Å². The highest BCUT2D eigenvalue weighted by Gasteiger charge is 2.36. The summed E-state index contributed by atoms with van der Waals surface area (Å²) >= 11 is 2.68. The standard InChI is InChI=1S/C9H13F3N4S2/c10-9(11,12)7-14-8(18-15-7)13-1-2-16-3-5-17-6-4-16/h1-6H2,(H,13,14,15). The molecule has 0 unspecified atom stereocenters. The fraction of sp³-hybridized carbons (Fsp3) is 0.778. The van der Waals surface area contributed by atoms with Crippen molar-refractivity contribution in [3.8, 4) is 0 Å². The molecule has 1 N–H and O–H groups in total. The van der Waals surface area contributed by atoms with Gasteiger partial charge in [0, 0.05) is 49.2 Å². The lowest BCUT2D eigenvalue weighted by atomic mass is 10.4. The predicted molar refractivity (Wildman–Crippen MR) is 67.2 cm³/mol. The first-order valence-electron chi connectivity index (χ1n) is 5.50. The van der Waals surface area contributed by atoms with Crippen LogP contribution in [0.2, 0.25) is 0 Å². The van der Waals surface area contributed by atoms with Crippen molar-refractivity contribution in [2.24, 2.45) is 0 Å². The van der Waals surface area contributed by atoms with E-state index in [2.05, 4.69) is 19.6 Å². The van der Waals surface area contributed by atoms with Crippen molar-refractivity contribution >= 4 is 28.4 Å². The second kappa shape index (κ2) is 6.07. The number of nitrogens with zero attached hydrogens (tertiary/aromatic N) is 3. The Balaban J connectivity index is 1.74. The van der Waals surface area contributed by atoms with Gasteiger partial charge >= 0.3 is 6.18 Å². The molecular formula is C9H13F3N4S2. The van der Waals surface area contributed by atoms with Crippen LogP contribution in [0.5, 0.6) is 0 Å². The zero-order valence-corrected chi connectivity index (χ0v) is 11.2. The van der Waals surface area contributed by atoms with Crippen LogP contribution in [-0.2, 0) is 6.18 Å². The molecule has 0 bridgehead atoms. The largest absolute Gasteiger partial charge is 0.452 e. The number of halogens is 3. The summed E-state index contributed by atoms with van der Waals surface area (Å²) in [6.45, 7) is 3.49. The van der Waals surface area contributed by atoms with Crippen LogP contribution < -0.4 is 5.32 Å². The smallest absolute Gasteiger partial charge is 0.359 e. The number of nitrogens with one attached hydrogen (secondary N) is 1. The predicted octanol–water partition coefficient (Wildman–Crippen LogP) is 2.02. The van der Waals surface area contributed by atoms with Gasteiger partial charge in [-0.2, -0.15) is 34.3 Å². The van der Waals surface area contributed by atoms with E-state index in [9.17, 15) is 13.2 Å². The van der Waals surface area contributed by atoms with Gasteiger partial charge in [0.15, 0.2) is 0 Å². The topological polar surface area (TPSA) is 41.1 Å². The van der Waals surface area contributed by atoms with Crippen molar-refractivity contribution in [3.05, 3.63) is 5.82 Å². The molecule has 2 rings (SSSR count). The monoisotopic (exact) mass is 298 g/mol. The summed E-state index contributed by atoms with van der Waals surface area (Å²) in [5, 5.41) is 3.11. The number of thioether (sulfide) groups is 1. The van der Waals surface area contributed by atoms with Crippen molar-refractivity contribution in [2.45, 2.75) is 6.18 Å². The first-order valence-corrected chi connectivity index (χ1v) is 7.43. The van der Waals surface area contributed by atoms with Crippen LogP contribution in [0, 0.1) is 0 Å². The lowest BCUT2D eigenvalue weighted by molar-refractivity contribution is -0.144. The minimum Gasteiger partial charge on any atom is -0.359 e. The van der Waals surface area contributed by atoms with Crippen molar-refractivity contribution in [2.75, 3.05) is 43.0 Å². The van der Waals surface area contributed by atoms with E-state index in [0.717, 1.165) is 42.7 Å². The lowest BCUT2D eigenvalue weighted by Gasteiger charge is -2.25. The average molecular weight is 298 g/mol. The fourth-order valence-corrected chi connectivity index (χ4v) is 3.15. The van der Waals surface area contributed by atoms with Crippen LogP contribution in [-0.4, -0.2) is 51.9 Å². The maximum absolute atomic E-state index is 12.3. The summed E-state index contributed by atoms with van der Waals surface area (Å²) < 4.78 is 40.1. The molecule has 9 heteroatoms. The molecule has 0 spiro atoms. The minimum absolute atomic E-state index is 0.230. The normalized spacial score (nSPS) is 17.9. The van der Waals surface area contributed by atoms with E-state index in [-0.39, 0.29) is 5.13 Å². The summed E-state index contributed by atoms with van der Waals surface area (Å²) in [5.74, 6) is 1.18. The van der Waals surface area contributed by atoms with Crippen molar-refractivity contribution in [1.29, 1.82) is 0 Å². The molecular weight excluding hydrogens is 285 g/mol. The lowest BCUT2D eigenvalue weighted by Crippen LogP contribution is -2.36. The zero-order valence-electron chi connectivity index (χ0n) is 9.53. The van der Waals surface area contributed by atoms with Crippen LogP contribution in [0.3, 0.4) is 0 Å². The SMILES string of the molecule is FC(F)(F)c1nsc(NCCN2CCSCC2)n1. The van der Waals surface area contributed by atoms with Crippen molar-refractivity contribution < 1.29 is 13.2 Å². The molecule has 2 heterocycles. The van der Waals surface area contributed by atoms with E-state index < -0.39 is 12.0 Å². The second-order valence-electron chi connectivity index (χ2n) is 3.80. The van der Waals surface area contributed by atoms with E-state index in [1.54, 1.807) is 0 Å².